The second-order valence-electron chi connectivity index (χ2n) is 12.4. The van der Waals surface area contributed by atoms with Gasteiger partial charge in [0, 0.05) is 0 Å². The highest BCUT2D eigenvalue weighted by Gasteiger charge is 2.26. The van der Waals surface area contributed by atoms with Crippen LogP contribution >= 0.6 is 0 Å². The van der Waals surface area contributed by atoms with Gasteiger partial charge in [0.1, 0.15) is 0 Å². The quantitative estimate of drug-likeness (QED) is 0.145. The van der Waals surface area contributed by atoms with Crippen LogP contribution in [0.3, 0.4) is 0 Å². The fourth-order valence-corrected chi connectivity index (χ4v) is 5.13. The van der Waals surface area contributed by atoms with Gasteiger partial charge in [-0.15, -0.1) is 0 Å². The lowest BCUT2D eigenvalue weighted by atomic mass is 9.73. The SMILES string of the molecule is C=C(CCCCCCCC)Cc1cc(CCCCC)cc(C)c1CC(C/C=C(/C)CC)C(C)(C)C. The van der Waals surface area contributed by atoms with Crippen molar-refractivity contribution in [3.63, 3.8) is 0 Å². The average molecular weight is 481 g/mol. The molecular formula is C35H60. The molecule has 0 aliphatic rings. The molecule has 0 amide bonds. The van der Waals surface area contributed by atoms with Gasteiger partial charge < -0.3 is 0 Å². The summed E-state index contributed by atoms with van der Waals surface area (Å²) in [7, 11) is 0. The van der Waals surface area contributed by atoms with Gasteiger partial charge in [-0.25, -0.2) is 0 Å². The zero-order valence-corrected chi connectivity index (χ0v) is 25.1. The van der Waals surface area contributed by atoms with E-state index >= 15 is 0 Å². The Labute approximate surface area is 221 Å². The number of hydrogen-bond acceptors (Lipinski definition) is 0. The first-order chi connectivity index (χ1) is 16.6. The molecule has 1 rings (SSSR count). The van der Waals surface area contributed by atoms with Crippen LogP contribution < -0.4 is 0 Å². The van der Waals surface area contributed by atoms with Crippen LogP contribution in [0.5, 0.6) is 0 Å². The van der Waals surface area contributed by atoms with E-state index in [9.17, 15) is 0 Å². The lowest BCUT2D eigenvalue weighted by molar-refractivity contribution is 0.239. The highest BCUT2D eigenvalue weighted by atomic mass is 14.3. The van der Waals surface area contributed by atoms with Gasteiger partial charge in [0.15, 0.2) is 0 Å². The molecule has 0 spiro atoms. The van der Waals surface area contributed by atoms with Crippen molar-refractivity contribution in [2.75, 3.05) is 0 Å². The van der Waals surface area contributed by atoms with Gasteiger partial charge >= 0.3 is 0 Å². The molecule has 0 saturated heterocycles. The van der Waals surface area contributed by atoms with E-state index < -0.39 is 0 Å². The van der Waals surface area contributed by atoms with Crippen LogP contribution in [0.25, 0.3) is 0 Å². The van der Waals surface area contributed by atoms with Gasteiger partial charge in [-0.05, 0) is 98.8 Å². The van der Waals surface area contributed by atoms with Crippen molar-refractivity contribution in [3.8, 4) is 0 Å². The van der Waals surface area contributed by atoms with Gasteiger partial charge in [-0.3, -0.25) is 0 Å². The molecule has 0 heterocycles. The molecule has 35 heavy (non-hydrogen) atoms. The third-order valence-corrected chi connectivity index (χ3v) is 8.00. The lowest BCUT2D eigenvalue weighted by Crippen LogP contribution is -2.23. The van der Waals surface area contributed by atoms with Crippen molar-refractivity contribution in [2.24, 2.45) is 11.3 Å². The first-order valence-electron chi connectivity index (χ1n) is 15.1. The third-order valence-electron chi connectivity index (χ3n) is 8.00. The summed E-state index contributed by atoms with van der Waals surface area (Å²) in [5.74, 6) is 0.652. The summed E-state index contributed by atoms with van der Waals surface area (Å²) in [5.41, 5.74) is 9.47. The molecule has 200 valence electrons. The summed E-state index contributed by atoms with van der Waals surface area (Å²) in [6, 6.07) is 5.05. The van der Waals surface area contributed by atoms with Crippen LogP contribution in [0.15, 0.2) is 35.9 Å². The number of hydrogen-bond donors (Lipinski definition) is 0. The first kappa shape index (κ1) is 31.7. The summed E-state index contributed by atoms with van der Waals surface area (Å²) in [6.45, 7) is 23.4. The number of aryl methyl sites for hydroxylation is 2. The van der Waals surface area contributed by atoms with E-state index in [0.717, 1.165) is 12.8 Å². The van der Waals surface area contributed by atoms with E-state index in [1.807, 2.05) is 0 Å². The van der Waals surface area contributed by atoms with E-state index in [-0.39, 0.29) is 0 Å². The Morgan fingerprint density at radius 1 is 0.914 bits per heavy atom. The van der Waals surface area contributed by atoms with E-state index in [1.165, 1.54) is 106 Å². The number of benzene rings is 1. The monoisotopic (exact) mass is 480 g/mol. The van der Waals surface area contributed by atoms with Gasteiger partial charge in [0.25, 0.3) is 0 Å². The highest BCUT2D eigenvalue weighted by Crippen LogP contribution is 2.35. The normalized spacial score (nSPS) is 13.3. The highest BCUT2D eigenvalue weighted by molar-refractivity contribution is 5.41. The van der Waals surface area contributed by atoms with E-state index in [4.69, 9.17) is 0 Å². The Balaban J connectivity index is 3.08. The van der Waals surface area contributed by atoms with Crippen LogP contribution in [-0.4, -0.2) is 0 Å². The molecule has 0 saturated carbocycles. The maximum absolute atomic E-state index is 4.55. The first-order valence-corrected chi connectivity index (χ1v) is 15.1. The van der Waals surface area contributed by atoms with Gasteiger partial charge in [0.2, 0.25) is 0 Å². The molecule has 0 radical (unpaired) electrons. The van der Waals surface area contributed by atoms with E-state index in [2.05, 4.69) is 80.2 Å². The molecule has 1 aromatic carbocycles. The molecule has 0 aliphatic carbocycles. The molecule has 1 unspecified atom stereocenters. The Morgan fingerprint density at radius 3 is 2.17 bits per heavy atom. The number of allylic oxidation sites excluding steroid dienone is 3. The van der Waals surface area contributed by atoms with Gasteiger partial charge in [0.05, 0.1) is 0 Å². The molecule has 0 fully saturated rings. The Bertz CT molecular complexity index is 755. The zero-order chi connectivity index (χ0) is 26.3. The molecule has 0 N–H and O–H groups in total. The zero-order valence-electron chi connectivity index (χ0n) is 25.1. The lowest BCUT2D eigenvalue weighted by Gasteiger charge is -2.32. The van der Waals surface area contributed by atoms with Crippen LogP contribution in [0, 0.1) is 18.3 Å². The third kappa shape index (κ3) is 13.0. The van der Waals surface area contributed by atoms with Crippen LogP contribution in [0.1, 0.15) is 148 Å². The summed E-state index contributed by atoms with van der Waals surface area (Å²) in [5, 5.41) is 0. The van der Waals surface area contributed by atoms with E-state index in [0.29, 0.717) is 11.3 Å². The molecule has 0 bridgehead atoms. The van der Waals surface area contributed by atoms with Crippen molar-refractivity contribution in [3.05, 3.63) is 58.2 Å². The van der Waals surface area contributed by atoms with Crippen LogP contribution in [0.2, 0.25) is 0 Å². The van der Waals surface area contributed by atoms with Crippen molar-refractivity contribution in [1.82, 2.24) is 0 Å². The average Bonchev–Trinajstić information content (AvgIpc) is 2.79. The summed E-state index contributed by atoms with van der Waals surface area (Å²) in [6.07, 6.45) is 21.6. The molecule has 0 aliphatic heterocycles. The van der Waals surface area contributed by atoms with Gasteiger partial charge in [-0.2, -0.15) is 0 Å². The predicted molar refractivity (Wildman–Crippen MR) is 161 cm³/mol. The summed E-state index contributed by atoms with van der Waals surface area (Å²) >= 11 is 0. The molecule has 0 aromatic heterocycles. The summed E-state index contributed by atoms with van der Waals surface area (Å²) < 4.78 is 0. The fraction of sp³-hybridized carbons (Fsp3) is 0.714. The van der Waals surface area contributed by atoms with Crippen molar-refractivity contribution < 1.29 is 0 Å². The Kier molecular flexibility index (Phi) is 15.6. The van der Waals surface area contributed by atoms with Gasteiger partial charge in [-0.1, -0.05) is 122 Å². The van der Waals surface area contributed by atoms with E-state index in [1.54, 1.807) is 11.1 Å². The molecule has 0 nitrogen and oxygen atoms in total. The predicted octanol–water partition coefficient (Wildman–Crippen LogP) is 11.5. The second-order valence-corrected chi connectivity index (χ2v) is 12.4. The maximum Gasteiger partial charge on any atom is -0.00669 e. The smallest absolute Gasteiger partial charge is 0.00669 e. The topological polar surface area (TPSA) is 0 Å². The van der Waals surface area contributed by atoms with Crippen molar-refractivity contribution in [2.45, 2.75) is 152 Å². The summed E-state index contributed by atoms with van der Waals surface area (Å²) in [4.78, 5) is 0. The molecule has 1 aromatic rings. The fourth-order valence-electron chi connectivity index (χ4n) is 5.13. The van der Waals surface area contributed by atoms with Crippen molar-refractivity contribution in [1.29, 1.82) is 0 Å². The standard InChI is InChI=1S/C35H60/c1-10-13-15-16-17-19-20-29(5)24-32-26-31(21-18-14-11-2)25-30(6)34(32)27-33(35(7,8)9)23-22-28(4)12-3/h22,25-26,33H,5,10-21,23-24,27H2,1-4,6-9H3/b28-22-. The minimum Gasteiger partial charge on any atom is -0.0995 e. The number of rotatable bonds is 18. The largest absolute Gasteiger partial charge is 0.0995 e. The molecular weight excluding hydrogens is 420 g/mol. The minimum atomic E-state index is 0.295. The van der Waals surface area contributed by atoms with Crippen LogP contribution in [-0.2, 0) is 19.3 Å². The Hall–Kier alpha value is -1.30. The minimum absolute atomic E-state index is 0.295. The van der Waals surface area contributed by atoms with Crippen molar-refractivity contribution >= 4 is 0 Å². The molecule has 1 atom stereocenters. The second kappa shape index (κ2) is 17.2. The maximum atomic E-state index is 4.55. The molecule has 0 heteroatoms. The van der Waals surface area contributed by atoms with Crippen LogP contribution in [0.4, 0.5) is 0 Å². The Morgan fingerprint density at radius 2 is 1.54 bits per heavy atom. The number of unbranched alkanes of at least 4 members (excludes halogenated alkanes) is 7.